The average Bonchev–Trinajstić information content (AvgIpc) is 2.43. The van der Waals surface area contributed by atoms with E-state index in [2.05, 4.69) is 11.9 Å². The van der Waals surface area contributed by atoms with Crippen molar-refractivity contribution in [1.29, 1.82) is 0 Å². The molecule has 0 spiro atoms. The number of carbonyl (C=O) groups excluding carboxylic acids is 1. The van der Waals surface area contributed by atoms with Crippen LogP contribution in [0.5, 0.6) is 0 Å². The van der Waals surface area contributed by atoms with Gasteiger partial charge in [0.05, 0.1) is 0 Å². The molecule has 0 saturated carbocycles. The Labute approximate surface area is 129 Å². The molecular formula is C14H19ClN2O4. The zero-order valence-corrected chi connectivity index (χ0v) is 12.3. The Morgan fingerprint density at radius 3 is 2.71 bits per heavy atom. The third-order valence-electron chi connectivity index (χ3n) is 2.53. The van der Waals surface area contributed by atoms with E-state index in [1.165, 1.54) is 6.08 Å². The number of ether oxygens (including phenoxy) is 1. The molecule has 0 saturated heterocycles. The monoisotopic (exact) mass is 314 g/mol. The minimum absolute atomic E-state index is 0. The lowest BCUT2D eigenvalue weighted by Gasteiger charge is -2.09. The number of carboxylic acid groups (broad SMARTS) is 1. The van der Waals surface area contributed by atoms with Crippen LogP contribution in [0.1, 0.15) is 11.1 Å². The molecule has 1 atom stereocenters. The lowest BCUT2D eigenvalue weighted by atomic mass is 10.0. The topological polar surface area (TPSA) is 102 Å². The highest BCUT2D eigenvalue weighted by Gasteiger charge is 2.12. The summed E-state index contributed by atoms with van der Waals surface area (Å²) in [6.45, 7) is 3.89. The number of hydrogen-bond donors (Lipinski definition) is 3. The summed E-state index contributed by atoms with van der Waals surface area (Å²) in [7, 11) is 0. The summed E-state index contributed by atoms with van der Waals surface area (Å²) in [4.78, 5) is 21.9. The number of aliphatic carboxylic acids is 1. The van der Waals surface area contributed by atoms with Gasteiger partial charge in [0.1, 0.15) is 12.6 Å². The summed E-state index contributed by atoms with van der Waals surface area (Å²) in [5.41, 5.74) is 7.12. The second kappa shape index (κ2) is 9.79. The fourth-order valence-electron chi connectivity index (χ4n) is 1.57. The smallest absolute Gasteiger partial charge is 0.407 e. The van der Waals surface area contributed by atoms with Crippen LogP contribution in [0.4, 0.5) is 4.79 Å². The first-order valence-corrected chi connectivity index (χ1v) is 6.10. The molecule has 0 aliphatic rings. The molecule has 0 aliphatic carbocycles. The quantitative estimate of drug-likeness (QED) is 0.662. The molecule has 0 unspecified atom stereocenters. The number of benzene rings is 1. The summed E-state index contributed by atoms with van der Waals surface area (Å²) in [5.74, 6) is -1.04. The molecule has 21 heavy (non-hydrogen) atoms. The molecule has 4 N–H and O–H groups in total. The van der Waals surface area contributed by atoms with Gasteiger partial charge in [-0.1, -0.05) is 36.9 Å². The first-order valence-electron chi connectivity index (χ1n) is 6.10. The van der Waals surface area contributed by atoms with Gasteiger partial charge < -0.3 is 20.9 Å². The van der Waals surface area contributed by atoms with Gasteiger partial charge in [-0.15, -0.1) is 12.4 Å². The van der Waals surface area contributed by atoms with Gasteiger partial charge in [0.2, 0.25) is 0 Å². The van der Waals surface area contributed by atoms with Crippen molar-refractivity contribution >= 4 is 24.5 Å². The van der Waals surface area contributed by atoms with Crippen molar-refractivity contribution in [3.63, 3.8) is 0 Å². The molecule has 0 aliphatic heterocycles. The third kappa shape index (κ3) is 7.34. The van der Waals surface area contributed by atoms with Gasteiger partial charge in [0, 0.05) is 6.54 Å². The van der Waals surface area contributed by atoms with E-state index in [9.17, 15) is 9.59 Å². The predicted molar refractivity (Wildman–Crippen MR) is 81.4 cm³/mol. The highest BCUT2D eigenvalue weighted by Crippen LogP contribution is 2.07. The number of nitrogens with one attached hydrogen (secondary N) is 1. The second-order valence-corrected chi connectivity index (χ2v) is 4.21. The summed E-state index contributed by atoms with van der Waals surface area (Å²) in [5, 5.41) is 11.3. The first kappa shape index (κ1) is 18.9. The molecule has 0 fully saturated rings. The van der Waals surface area contributed by atoms with Crippen molar-refractivity contribution in [2.75, 3.05) is 6.61 Å². The van der Waals surface area contributed by atoms with E-state index in [-0.39, 0.29) is 25.4 Å². The standard InChI is InChI=1S/C14H18N2O4.ClH/c1-2-6-20-14(19)16-9-11-5-3-4-10(7-11)8-12(15)13(17)18;/h2-5,7,12H,1,6,8-9,15H2,(H,16,19)(H,17,18);1H/t12-;/m0./s1. The molecule has 1 rings (SSSR count). The van der Waals surface area contributed by atoms with Crippen molar-refractivity contribution in [2.24, 2.45) is 5.73 Å². The molecule has 7 heteroatoms. The van der Waals surface area contributed by atoms with Gasteiger partial charge in [-0.2, -0.15) is 0 Å². The van der Waals surface area contributed by atoms with Crippen LogP contribution in [0.15, 0.2) is 36.9 Å². The van der Waals surface area contributed by atoms with Crippen LogP contribution in [-0.4, -0.2) is 29.8 Å². The summed E-state index contributed by atoms with van der Waals surface area (Å²) < 4.78 is 4.77. The molecule has 1 amide bonds. The maximum absolute atomic E-state index is 11.2. The molecule has 1 aromatic rings. The van der Waals surface area contributed by atoms with Gasteiger partial charge >= 0.3 is 12.1 Å². The van der Waals surface area contributed by atoms with E-state index in [1.807, 2.05) is 6.07 Å². The molecule has 0 bridgehead atoms. The number of hydrogen-bond acceptors (Lipinski definition) is 4. The number of alkyl carbamates (subject to hydrolysis) is 1. The predicted octanol–water partition coefficient (Wildman–Crippen LogP) is 1.47. The van der Waals surface area contributed by atoms with Crippen molar-refractivity contribution in [2.45, 2.75) is 19.0 Å². The van der Waals surface area contributed by atoms with Crippen LogP contribution in [0, 0.1) is 0 Å². The largest absolute Gasteiger partial charge is 0.480 e. The number of rotatable bonds is 7. The van der Waals surface area contributed by atoms with Crippen LogP contribution in [0.25, 0.3) is 0 Å². The zero-order chi connectivity index (χ0) is 15.0. The molecule has 0 radical (unpaired) electrons. The number of carboxylic acids is 1. The van der Waals surface area contributed by atoms with Crippen LogP contribution in [-0.2, 0) is 22.5 Å². The van der Waals surface area contributed by atoms with Crippen molar-refractivity contribution in [3.05, 3.63) is 48.0 Å². The number of amides is 1. The number of halogens is 1. The lowest BCUT2D eigenvalue weighted by Crippen LogP contribution is -2.32. The highest BCUT2D eigenvalue weighted by atomic mass is 35.5. The van der Waals surface area contributed by atoms with E-state index in [4.69, 9.17) is 15.6 Å². The van der Waals surface area contributed by atoms with E-state index < -0.39 is 18.1 Å². The van der Waals surface area contributed by atoms with E-state index >= 15 is 0 Å². The SMILES string of the molecule is C=CCOC(=O)NCc1cccc(C[C@H](N)C(=O)O)c1.Cl. The number of carbonyl (C=O) groups is 2. The maximum Gasteiger partial charge on any atom is 0.407 e. The molecular weight excluding hydrogens is 296 g/mol. The third-order valence-corrected chi connectivity index (χ3v) is 2.53. The first-order chi connectivity index (χ1) is 9.52. The summed E-state index contributed by atoms with van der Waals surface area (Å²) in [6.07, 6.45) is 1.19. The Kier molecular flexibility index (Phi) is 8.84. The summed E-state index contributed by atoms with van der Waals surface area (Å²) >= 11 is 0. The van der Waals surface area contributed by atoms with Gasteiger partial charge in [0.15, 0.2) is 0 Å². The van der Waals surface area contributed by atoms with E-state index in [0.29, 0.717) is 6.54 Å². The van der Waals surface area contributed by atoms with Gasteiger partial charge in [-0.05, 0) is 17.5 Å². The van der Waals surface area contributed by atoms with Crippen LogP contribution in [0.2, 0.25) is 0 Å². The van der Waals surface area contributed by atoms with Gasteiger partial charge in [-0.25, -0.2) is 4.79 Å². The van der Waals surface area contributed by atoms with Crippen molar-refractivity contribution < 1.29 is 19.4 Å². The molecule has 0 heterocycles. The fourth-order valence-corrected chi connectivity index (χ4v) is 1.57. The summed E-state index contributed by atoms with van der Waals surface area (Å²) in [6, 6.07) is 6.27. The van der Waals surface area contributed by atoms with Gasteiger partial charge in [0.25, 0.3) is 0 Å². The molecule has 6 nitrogen and oxygen atoms in total. The second-order valence-electron chi connectivity index (χ2n) is 4.21. The van der Waals surface area contributed by atoms with Crippen LogP contribution < -0.4 is 11.1 Å². The Hall–Kier alpha value is -2.05. The van der Waals surface area contributed by atoms with E-state index in [0.717, 1.165) is 11.1 Å². The van der Waals surface area contributed by atoms with Crippen LogP contribution in [0.3, 0.4) is 0 Å². The van der Waals surface area contributed by atoms with Gasteiger partial charge in [-0.3, -0.25) is 4.79 Å². The molecule has 0 aromatic heterocycles. The normalized spacial score (nSPS) is 10.9. The fraction of sp³-hybridized carbons (Fsp3) is 0.286. The minimum Gasteiger partial charge on any atom is -0.480 e. The number of nitrogens with two attached hydrogens (primary N) is 1. The molecule has 116 valence electrons. The van der Waals surface area contributed by atoms with Crippen LogP contribution >= 0.6 is 12.4 Å². The average molecular weight is 315 g/mol. The maximum atomic E-state index is 11.2. The zero-order valence-electron chi connectivity index (χ0n) is 11.5. The Morgan fingerprint density at radius 2 is 2.10 bits per heavy atom. The van der Waals surface area contributed by atoms with E-state index in [1.54, 1.807) is 18.2 Å². The Balaban J connectivity index is 0.00000400. The lowest BCUT2D eigenvalue weighted by molar-refractivity contribution is -0.138. The minimum atomic E-state index is -1.04. The van der Waals surface area contributed by atoms with Crippen molar-refractivity contribution in [1.82, 2.24) is 5.32 Å². The highest BCUT2D eigenvalue weighted by molar-refractivity contribution is 5.85. The Morgan fingerprint density at radius 1 is 1.43 bits per heavy atom. The Bertz CT molecular complexity index is 494. The van der Waals surface area contributed by atoms with Crippen molar-refractivity contribution in [3.8, 4) is 0 Å². The molecule has 1 aromatic carbocycles.